The van der Waals surface area contributed by atoms with Gasteiger partial charge in [-0.25, -0.2) is 9.79 Å². The predicted octanol–water partition coefficient (Wildman–Crippen LogP) is 4.87. The van der Waals surface area contributed by atoms with Crippen LogP contribution < -0.4 is 20.4 Å². The minimum Gasteiger partial charge on any atom is -0.372 e. The number of nitrogens with zero attached hydrogens (tertiary/aromatic N) is 4. The molecule has 3 aromatic rings. The second-order valence-corrected chi connectivity index (χ2v) is 10.5. The van der Waals surface area contributed by atoms with Crippen LogP contribution in [0.4, 0.5) is 21.9 Å². The molecule has 1 aromatic heterocycles. The van der Waals surface area contributed by atoms with Crippen LogP contribution in [0.25, 0.3) is 0 Å². The highest BCUT2D eigenvalue weighted by Crippen LogP contribution is 2.29. The van der Waals surface area contributed by atoms with Crippen molar-refractivity contribution in [3.63, 3.8) is 0 Å². The quantitative estimate of drug-likeness (QED) is 0.424. The molecule has 4 rings (SSSR count). The summed E-state index contributed by atoms with van der Waals surface area (Å²) in [5, 5.41) is 5.56. The van der Waals surface area contributed by atoms with E-state index in [0.717, 1.165) is 18.8 Å². The number of pyridine rings is 1. The molecule has 0 bridgehead atoms. The third kappa shape index (κ3) is 6.36. The number of para-hydroxylation sites is 1. The fourth-order valence-corrected chi connectivity index (χ4v) is 4.43. The number of urea groups is 1. The largest absolute Gasteiger partial charge is 0.372 e. The van der Waals surface area contributed by atoms with Crippen LogP contribution in [0, 0.1) is 5.41 Å². The number of fused-ring (bicyclic) bond motifs is 1. The van der Waals surface area contributed by atoms with Gasteiger partial charge in [0.2, 0.25) is 6.17 Å². The molecule has 1 aliphatic heterocycles. The van der Waals surface area contributed by atoms with Crippen molar-refractivity contribution in [2.45, 2.75) is 40.8 Å². The lowest BCUT2D eigenvalue weighted by atomic mass is 9.90. The Labute approximate surface area is 235 Å². The highest BCUT2D eigenvalue weighted by atomic mass is 16.2. The van der Waals surface area contributed by atoms with E-state index in [2.05, 4.69) is 34.4 Å². The lowest BCUT2D eigenvalue weighted by molar-refractivity contribution is -0.127. The van der Waals surface area contributed by atoms with Crippen LogP contribution in [0.2, 0.25) is 0 Å². The highest BCUT2D eigenvalue weighted by molar-refractivity contribution is 6.20. The molecular formula is C31H36N6O3. The number of anilines is 3. The summed E-state index contributed by atoms with van der Waals surface area (Å²) in [4.78, 5) is 53.0. The number of benzodiazepines with no additional fused rings is 1. The molecule has 9 heteroatoms. The summed E-state index contributed by atoms with van der Waals surface area (Å²) in [6, 6.07) is 19.6. The van der Waals surface area contributed by atoms with Crippen LogP contribution in [0.3, 0.4) is 0 Å². The van der Waals surface area contributed by atoms with Gasteiger partial charge in [-0.15, -0.1) is 0 Å². The van der Waals surface area contributed by atoms with E-state index >= 15 is 0 Å². The van der Waals surface area contributed by atoms with Gasteiger partial charge in [0.15, 0.2) is 5.78 Å². The lowest BCUT2D eigenvalue weighted by Crippen LogP contribution is -2.50. The molecule has 1 aliphatic rings. The van der Waals surface area contributed by atoms with E-state index in [0.29, 0.717) is 28.3 Å². The Kier molecular flexibility index (Phi) is 8.62. The van der Waals surface area contributed by atoms with Crippen LogP contribution in [-0.4, -0.2) is 54.2 Å². The fraction of sp³-hybridized carbons (Fsp3) is 0.323. The Morgan fingerprint density at radius 3 is 2.38 bits per heavy atom. The van der Waals surface area contributed by atoms with E-state index in [9.17, 15) is 14.4 Å². The number of Topliss-reactive ketones (excluding diaryl/α,β-unsaturated/α-hetero) is 1. The molecule has 2 heterocycles. The lowest BCUT2D eigenvalue weighted by Gasteiger charge is -2.28. The first-order valence-electron chi connectivity index (χ1n) is 13.5. The van der Waals surface area contributed by atoms with Crippen molar-refractivity contribution in [1.29, 1.82) is 0 Å². The second-order valence-electron chi connectivity index (χ2n) is 10.5. The van der Waals surface area contributed by atoms with Gasteiger partial charge in [0, 0.05) is 41.6 Å². The van der Waals surface area contributed by atoms with Gasteiger partial charge < -0.3 is 20.4 Å². The minimum atomic E-state index is -1.29. The van der Waals surface area contributed by atoms with Gasteiger partial charge in [0.1, 0.15) is 0 Å². The number of carbonyl (C=O) groups excluding carboxylic acids is 3. The number of hydrogen-bond donors (Lipinski definition) is 2. The zero-order valence-corrected chi connectivity index (χ0v) is 23.6. The van der Waals surface area contributed by atoms with Gasteiger partial charge in [-0.05, 0) is 50.2 Å². The Balaban J connectivity index is 1.70. The molecule has 0 aliphatic carbocycles. The summed E-state index contributed by atoms with van der Waals surface area (Å²) >= 11 is 0. The highest BCUT2D eigenvalue weighted by Gasteiger charge is 2.36. The third-order valence-electron chi connectivity index (χ3n) is 6.75. The SMILES string of the molecule is CCN(CC)c1cccc(NC(=O)N[C@H]2N=C(c3ccccn3)c3ccccc3N(CC(=O)C(C)(C)C)C2=O)c1. The van der Waals surface area contributed by atoms with E-state index in [1.165, 1.54) is 4.90 Å². The molecule has 0 saturated heterocycles. The van der Waals surface area contributed by atoms with Crippen molar-refractivity contribution in [2.24, 2.45) is 10.4 Å². The maximum absolute atomic E-state index is 14.0. The molecule has 0 spiro atoms. The molecule has 208 valence electrons. The molecule has 3 amide bonds. The molecule has 0 radical (unpaired) electrons. The van der Waals surface area contributed by atoms with Crippen molar-refractivity contribution in [3.8, 4) is 0 Å². The van der Waals surface area contributed by atoms with Crippen molar-refractivity contribution in [2.75, 3.05) is 34.8 Å². The number of hydrogen-bond acceptors (Lipinski definition) is 6. The molecule has 2 N–H and O–H groups in total. The van der Waals surface area contributed by atoms with Gasteiger partial charge >= 0.3 is 6.03 Å². The first kappa shape index (κ1) is 28.5. The summed E-state index contributed by atoms with van der Waals surface area (Å²) in [6.45, 7) is 11.1. The first-order chi connectivity index (χ1) is 19.1. The average molecular weight is 541 g/mol. The smallest absolute Gasteiger partial charge is 0.321 e. The number of aliphatic imine (C=N–C) groups is 1. The van der Waals surface area contributed by atoms with Gasteiger partial charge in [0.05, 0.1) is 23.6 Å². The van der Waals surface area contributed by atoms with Crippen LogP contribution >= 0.6 is 0 Å². The van der Waals surface area contributed by atoms with Crippen molar-refractivity contribution >= 4 is 40.5 Å². The Bertz CT molecular complexity index is 1410. The molecule has 0 saturated carbocycles. The summed E-state index contributed by atoms with van der Waals surface area (Å²) < 4.78 is 0. The molecule has 9 nitrogen and oxygen atoms in total. The summed E-state index contributed by atoms with van der Waals surface area (Å²) in [5.74, 6) is -0.628. The second kappa shape index (κ2) is 12.1. The van der Waals surface area contributed by atoms with Gasteiger partial charge in [-0.2, -0.15) is 0 Å². The predicted molar refractivity (Wildman–Crippen MR) is 159 cm³/mol. The van der Waals surface area contributed by atoms with E-state index in [1.54, 1.807) is 36.5 Å². The Morgan fingerprint density at radius 1 is 0.975 bits per heavy atom. The van der Waals surface area contributed by atoms with Crippen LogP contribution in [0.1, 0.15) is 45.9 Å². The van der Waals surface area contributed by atoms with E-state index in [4.69, 9.17) is 4.99 Å². The molecule has 2 aromatic carbocycles. The normalized spacial score (nSPS) is 15.0. The fourth-order valence-electron chi connectivity index (χ4n) is 4.43. The van der Waals surface area contributed by atoms with Crippen LogP contribution in [-0.2, 0) is 9.59 Å². The summed E-state index contributed by atoms with van der Waals surface area (Å²) in [6.07, 6.45) is 0.356. The van der Waals surface area contributed by atoms with Crippen molar-refractivity contribution in [1.82, 2.24) is 10.3 Å². The Hall–Kier alpha value is -4.53. The number of rotatable bonds is 8. The minimum absolute atomic E-state index is 0.117. The number of ketones is 1. The number of amides is 3. The van der Waals surface area contributed by atoms with Crippen LogP contribution in [0.15, 0.2) is 77.9 Å². The van der Waals surface area contributed by atoms with Gasteiger partial charge in [-0.3, -0.25) is 14.6 Å². The number of nitrogens with one attached hydrogen (secondary N) is 2. The first-order valence-corrected chi connectivity index (χ1v) is 13.5. The van der Waals surface area contributed by atoms with E-state index in [1.807, 2.05) is 57.2 Å². The topological polar surface area (TPSA) is 107 Å². The van der Waals surface area contributed by atoms with E-state index < -0.39 is 23.5 Å². The molecule has 1 atom stereocenters. The molecule has 0 unspecified atom stereocenters. The summed E-state index contributed by atoms with van der Waals surface area (Å²) in [5.41, 5.74) is 3.07. The monoisotopic (exact) mass is 540 g/mol. The third-order valence-corrected chi connectivity index (χ3v) is 6.75. The average Bonchev–Trinajstić information content (AvgIpc) is 3.04. The number of carbonyl (C=O) groups is 3. The van der Waals surface area contributed by atoms with Crippen molar-refractivity contribution in [3.05, 3.63) is 84.2 Å². The number of aromatic nitrogens is 1. The van der Waals surface area contributed by atoms with Gasteiger partial charge in [-0.1, -0.05) is 51.1 Å². The summed E-state index contributed by atoms with van der Waals surface area (Å²) in [7, 11) is 0. The zero-order valence-electron chi connectivity index (χ0n) is 23.6. The molecular weight excluding hydrogens is 504 g/mol. The van der Waals surface area contributed by atoms with Gasteiger partial charge in [0.25, 0.3) is 5.91 Å². The standard InChI is InChI=1S/C31H36N6O3/c1-6-36(7-2)22-14-12-13-21(19-22)33-30(40)35-28-29(39)37(20-26(38)31(3,4)5)25-17-9-8-15-23(25)27(34-28)24-16-10-11-18-32-24/h8-19,28H,6-7,20H2,1-5H3,(H2,33,35,40)/t28-/m1/s1. The maximum atomic E-state index is 14.0. The molecule has 40 heavy (non-hydrogen) atoms. The van der Waals surface area contributed by atoms with E-state index in [-0.39, 0.29) is 12.3 Å². The van der Waals surface area contributed by atoms with Crippen molar-refractivity contribution < 1.29 is 14.4 Å². The van der Waals surface area contributed by atoms with Crippen LogP contribution in [0.5, 0.6) is 0 Å². The molecule has 0 fully saturated rings. The Morgan fingerprint density at radius 2 is 1.70 bits per heavy atom. The zero-order chi connectivity index (χ0) is 28.9. The number of benzene rings is 2. The maximum Gasteiger partial charge on any atom is 0.321 e.